The molecule has 1 aromatic carbocycles. The second kappa shape index (κ2) is 3.84. The van der Waals surface area contributed by atoms with Gasteiger partial charge in [-0.2, -0.15) is 5.10 Å². The van der Waals surface area contributed by atoms with Gasteiger partial charge in [-0.15, -0.1) is 0 Å². The van der Waals surface area contributed by atoms with Crippen LogP contribution in [0.15, 0.2) is 24.4 Å². The molecule has 1 aliphatic rings. The molecule has 1 aliphatic carbocycles. The minimum Gasteiger partial charge on any atom is -0.461 e. The molecule has 1 fully saturated rings. The number of nitrogens with one attached hydrogen (secondary N) is 1. The van der Waals surface area contributed by atoms with Crippen LogP contribution in [-0.2, 0) is 16.1 Å². The van der Waals surface area contributed by atoms with Crippen molar-refractivity contribution in [2.24, 2.45) is 5.92 Å². The molecule has 5 heteroatoms. The molecule has 0 bridgehead atoms. The van der Waals surface area contributed by atoms with E-state index >= 15 is 0 Å². The van der Waals surface area contributed by atoms with Gasteiger partial charge in [0.1, 0.15) is 12.8 Å². The van der Waals surface area contributed by atoms with Crippen molar-refractivity contribution >= 4 is 16.9 Å². The highest BCUT2D eigenvalue weighted by Crippen LogP contribution is 2.34. The van der Waals surface area contributed by atoms with E-state index in [1.165, 1.54) is 0 Å². The van der Waals surface area contributed by atoms with Gasteiger partial charge in [-0.1, -0.05) is 12.1 Å². The molecule has 1 saturated carbocycles. The summed E-state index contributed by atoms with van der Waals surface area (Å²) < 4.78 is 17.6. The Balaban J connectivity index is 1.66. The number of hydrogen-bond acceptors (Lipinski definition) is 3. The summed E-state index contributed by atoms with van der Waals surface area (Å²) in [6.07, 6.45) is 1.03. The van der Waals surface area contributed by atoms with Crippen LogP contribution in [0, 0.1) is 5.92 Å². The lowest BCUT2D eigenvalue weighted by Crippen LogP contribution is -2.08. The van der Waals surface area contributed by atoms with E-state index in [9.17, 15) is 9.18 Å². The summed E-state index contributed by atoms with van der Waals surface area (Å²) in [4.78, 5) is 11.3. The molecule has 0 amide bonds. The van der Waals surface area contributed by atoms with Gasteiger partial charge in [-0.05, 0) is 18.1 Å². The van der Waals surface area contributed by atoms with E-state index in [4.69, 9.17) is 4.74 Å². The molecule has 0 spiro atoms. The predicted octanol–water partition coefficient (Wildman–Crippen LogP) is 1.96. The van der Waals surface area contributed by atoms with Crippen molar-refractivity contribution in [2.45, 2.75) is 19.2 Å². The smallest absolute Gasteiger partial charge is 0.312 e. The number of benzene rings is 1. The maximum Gasteiger partial charge on any atom is 0.312 e. The minimum atomic E-state index is -1.00. The van der Waals surface area contributed by atoms with E-state index in [1.807, 2.05) is 18.2 Å². The first-order valence-corrected chi connectivity index (χ1v) is 5.47. The van der Waals surface area contributed by atoms with Crippen molar-refractivity contribution in [3.05, 3.63) is 30.0 Å². The SMILES string of the molecule is O=C(OCc1ccc2cn[nH]c2c1)C1CC1F. The number of aromatic nitrogens is 2. The quantitative estimate of drug-likeness (QED) is 0.826. The van der Waals surface area contributed by atoms with E-state index in [1.54, 1.807) is 6.20 Å². The average molecular weight is 234 g/mol. The van der Waals surface area contributed by atoms with Gasteiger partial charge in [0, 0.05) is 5.39 Å². The maximum absolute atomic E-state index is 12.6. The van der Waals surface area contributed by atoms with E-state index in [2.05, 4.69) is 10.2 Å². The molecule has 2 atom stereocenters. The number of esters is 1. The summed E-state index contributed by atoms with van der Waals surface area (Å²) in [5.41, 5.74) is 1.76. The first-order valence-electron chi connectivity index (χ1n) is 5.47. The molecule has 3 rings (SSSR count). The van der Waals surface area contributed by atoms with E-state index < -0.39 is 18.1 Å². The molecule has 88 valence electrons. The first kappa shape index (κ1) is 10.3. The van der Waals surface area contributed by atoms with Crippen molar-refractivity contribution in [2.75, 3.05) is 0 Å². The Hall–Kier alpha value is -1.91. The fourth-order valence-corrected chi connectivity index (χ4v) is 1.74. The van der Waals surface area contributed by atoms with E-state index in [-0.39, 0.29) is 6.61 Å². The second-order valence-electron chi connectivity index (χ2n) is 4.26. The molecule has 1 aromatic heterocycles. The zero-order valence-electron chi connectivity index (χ0n) is 9.02. The van der Waals surface area contributed by atoms with Crippen molar-refractivity contribution in [1.82, 2.24) is 10.2 Å². The molecular weight excluding hydrogens is 223 g/mol. The number of ether oxygens (including phenoxy) is 1. The monoisotopic (exact) mass is 234 g/mol. The van der Waals surface area contributed by atoms with Gasteiger partial charge in [0.25, 0.3) is 0 Å². The Morgan fingerprint density at radius 2 is 2.41 bits per heavy atom. The van der Waals surface area contributed by atoms with Crippen LogP contribution in [0.25, 0.3) is 10.9 Å². The first-order chi connectivity index (χ1) is 8.24. The fourth-order valence-electron chi connectivity index (χ4n) is 1.74. The number of H-pyrrole nitrogens is 1. The number of carbonyl (C=O) groups is 1. The van der Waals surface area contributed by atoms with Gasteiger partial charge in [0.2, 0.25) is 0 Å². The molecule has 0 aliphatic heterocycles. The van der Waals surface area contributed by atoms with Crippen molar-refractivity contribution in [3.8, 4) is 0 Å². The third-order valence-corrected chi connectivity index (χ3v) is 2.90. The van der Waals surface area contributed by atoms with Gasteiger partial charge >= 0.3 is 5.97 Å². The van der Waals surface area contributed by atoms with E-state index in [0.29, 0.717) is 6.42 Å². The number of fused-ring (bicyclic) bond motifs is 1. The van der Waals surface area contributed by atoms with Gasteiger partial charge in [-0.25, -0.2) is 4.39 Å². The van der Waals surface area contributed by atoms with Gasteiger partial charge in [0.05, 0.1) is 17.6 Å². The number of carbonyl (C=O) groups excluding carboxylic acids is 1. The minimum absolute atomic E-state index is 0.178. The molecule has 0 saturated heterocycles. The van der Waals surface area contributed by atoms with Gasteiger partial charge in [0.15, 0.2) is 0 Å². The molecule has 0 radical (unpaired) electrons. The summed E-state index contributed by atoms with van der Waals surface area (Å²) in [6, 6.07) is 5.64. The summed E-state index contributed by atoms with van der Waals surface area (Å²) in [6.45, 7) is 0.178. The summed E-state index contributed by atoms with van der Waals surface area (Å²) in [5.74, 6) is -0.979. The number of hydrogen-bond donors (Lipinski definition) is 1. The van der Waals surface area contributed by atoms with Crippen molar-refractivity contribution < 1.29 is 13.9 Å². The highest BCUT2D eigenvalue weighted by Gasteiger charge is 2.45. The third kappa shape index (κ3) is 2.00. The molecule has 2 aromatic rings. The number of aromatic amines is 1. The lowest BCUT2D eigenvalue weighted by molar-refractivity contribution is -0.146. The predicted molar refractivity (Wildman–Crippen MR) is 58.9 cm³/mol. The van der Waals surface area contributed by atoms with Crippen LogP contribution in [0.5, 0.6) is 0 Å². The highest BCUT2D eigenvalue weighted by atomic mass is 19.1. The molecule has 17 heavy (non-hydrogen) atoms. The Labute approximate surface area is 96.8 Å². The second-order valence-corrected chi connectivity index (χ2v) is 4.26. The van der Waals surface area contributed by atoms with Crippen LogP contribution in [0.3, 0.4) is 0 Å². The lowest BCUT2D eigenvalue weighted by atomic mass is 10.2. The standard InChI is InChI=1S/C12H11FN2O2/c13-10-4-9(10)12(16)17-6-7-1-2-8-5-14-15-11(8)3-7/h1-3,5,9-10H,4,6H2,(H,14,15). The number of alkyl halides is 1. The fraction of sp³-hybridized carbons (Fsp3) is 0.333. The maximum atomic E-state index is 12.6. The van der Waals surface area contributed by atoms with Crippen molar-refractivity contribution in [3.63, 3.8) is 0 Å². The Morgan fingerprint density at radius 3 is 3.18 bits per heavy atom. The molecule has 4 nitrogen and oxygen atoms in total. The Kier molecular flexibility index (Phi) is 2.31. The number of rotatable bonds is 3. The largest absolute Gasteiger partial charge is 0.461 e. The Morgan fingerprint density at radius 1 is 1.59 bits per heavy atom. The van der Waals surface area contributed by atoms with Crippen molar-refractivity contribution in [1.29, 1.82) is 0 Å². The van der Waals surface area contributed by atoms with Gasteiger partial charge < -0.3 is 4.74 Å². The zero-order chi connectivity index (χ0) is 11.8. The molecule has 2 unspecified atom stereocenters. The van der Waals surface area contributed by atoms with Crippen LogP contribution in [0.4, 0.5) is 4.39 Å². The topological polar surface area (TPSA) is 55.0 Å². The summed E-state index contributed by atoms with van der Waals surface area (Å²) in [5, 5.41) is 7.75. The Bertz CT molecular complexity index is 566. The van der Waals surface area contributed by atoms with Crippen LogP contribution in [0.2, 0.25) is 0 Å². The normalized spacial score (nSPS) is 22.6. The lowest BCUT2D eigenvalue weighted by Gasteiger charge is -2.03. The summed E-state index contributed by atoms with van der Waals surface area (Å²) >= 11 is 0. The number of nitrogens with zero attached hydrogens (tertiary/aromatic N) is 1. The highest BCUT2D eigenvalue weighted by molar-refractivity contribution is 5.79. The molecular formula is C12H11FN2O2. The van der Waals surface area contributed by atoms with Crippen LogP contribution in [-0.4, -0.2) is 22.3 Å². The third-order valence-electron chi connectivity index (χ3n) is 2.90. The molecule has 1 heterocycles. The summed E-state index contributed by atoms with van der Waals surface area (Å²) in [7, 11) is 0. The van der Waals surface area contributed by atoms with E-state index in [0.717, 1.165) is 16.5 Å². The average Bonchev–Trinajstić information content (AvgIpc) is 2.90. The van der Waals surface area contributed by atoms with Crippen LogP contribution in [0.1, 0.15) is 12.0 Å². The zero-order valence-corrected chi connectivity index (χ0v) is 9.02. The van der Waals surface area contributed by atoms with Crippen LogP contribution >= 0.6 is 0 Å². The molecule has 1 N–H and O–H groups in total. The van der Waals surface area contributed by atoms with Crippen LogP contribution < -0.4 is 0 Å². The van der Waals surface area contributed by atoms with Gasteiger partial charge in [-0.3, -0.25) is 9.89 Å². The number of halogens is 1.